The van der Waals surface area contributed by atoms with Crippen molar-refractivity contribution in [3.8, 4) is 0 Å². The first-order chi connectivity index (χ1) is 11.3. The van der Waals surface area contributed by atoms with Gasteiger partial charge in [0.05, 0.1) is 11.1 Å². The van der Waals surface area contributed by atoms with E-state index in [2.05, 4.69) is 24.1 Å². The number of thiazole rings is 1. The number of nitrogen functional groups attached to an aromatic ring is 1. The number of anilines is 1. The van der Waals surface area contributed by atoms with Crippen molar-refractivity contribution in [2.24, 2.45) is 22.2 Å². The maximum Gasteiger partial charge on any atom is 0.226 e. The molecule has 1 aromatic rings. The van der Waals surface area contributed by atoms with Crippen LogP contribution in [0.25, 0.3) is 0 Å². The van der Waals surface area contributed by atoms with E-state index < -0.39 is 0 Å². The first-order valence-electron chi connectivity index (χ1n) is 9.28. The van der Waals surface area contributed by atoms with Crippen LogP contribution in [0.15, 0.2) is 5.38 Å². The lowest BCUT2D eigenvalue weighted by Crippen LogP contribution is -2.59. The van der Waals surface area contributed by atoms with Gasteiger partial charge in [-0.15, -0.1) is 11.3 Å². The van der Waals surface area contributed by atoms with Crippen LogP contribution in [0.3, 0.4) is 0 Å². The molecule has 0 saturated heterocycles. The van der Waals surface area contributed by atoms with Crippen LogP contribution in [-0.4, -0.2) is 17.4 Å². The predicted octanol–water partition coefficient (Wildman–Crippen LogP) is 3.77. The molecule has 5 heteroatoms. The number of amides is 1. The molecule has 0 spiro atoms. The van der Waals surface area contributed by atoms with Crippen LogP contribution >= 0.6 is 11.3 Å². The molecule has 0 aromatic carbocycles. The fraction of sp³-hybridized carbons (Fsp3) is 0.789. The number of carbonyl (C=O) groups is 1. The summed E-state index contributed by atoms with van der Waals surface area (Å²) in [5.74, 6) is 1.09. The zero-order valence-corrected chi connectivity index (χ0v) is 15.7. The van der Waals surface area contributed by atoms with Gasteiger partial charge in [0.15, 0.2) is 5.13 Å². The zero-order valence-electron chi connectivity index (χ0n) is 14.9. The molecule has 2 atom stereocenters. The van der Waals surface area contributed by atoms with Crippen molar-refractivity contribution < 1.29 is 4.79 Å². The molecule has 0 aliphatic heterocycles. The van der Waals surface area contributed by atoms with E-state index in [1.165, 1.54) is 30.6 Å². The van der Waals surface area contributed by atoms with Gasteiger partial charge in [-0.3, -0.25) is 4.79 Å². The second-order valence-electron chi connectivity index (χ2n) is 9.45. The van der Waals surface area contributed by atoms with Crippen LogP contribution < -0.4 is 11.1 Å². The summed E-state index contributed by atoms with van der Waals surface area (Å²) in [4.78, 5) is 17.3. The lowest BCUT2D eigenvalue weighted by molar-refractivity contribution is -0.170. The first-order valence-corrected chi connectivity index (χ1v) is 10.2. The van der Waals surface area contributed by atoms with E-state index in [4.69, 9.17) is 5.73 Å². The number of rotatable bonds is 5. The second-order valence-corrected chi connectivity index (χ2v) is 10.3. The quantitative estimate of drug-likeness (QED) is 0.797. The van der Waals surface area contributed by atoms with Gasteiger partial charge in [-0.2, -0.15) is 0 Å². The molecule has 4 saturated carbocycles. The first kappa shape index (κ1) is 16.4. The average Bonchev–Trinajstić information content (AvgIpc) is 2.85. The van der Waals surface area contributed by atoms with E-state index >= 15 is 0 Å². The number of aromatic nitrogens is 1. The molecule has 4 aliphatic carbocycles. The predicted molar refractivity (Wildman–Crippen MR) is 97.7 cm³/mol. The molecular formula is C19H29N3OS. The zero-order chi connectivity index (χ0) is 17.0. The number of nitrogens with two attached hydrogens (primary N) is 1. The molecule has 132 valence electrons. The summed E-state index contributed by atoms with van der Waals surface area (Å²) in [5, 5.41) is 5.90. The van der Waals surface area contributed by atoms with Gasteiger partial charge < -0.3 is 11.1 Å². The Morgan fingerprint density at radius 2 is 2.00 bits per heavy atom. The summed E-state index contributed by atoms with van der Waals surface area (Å²) in [6.07, 6.45) is 9.12. The highest BCUT2D eigenvalue weighted by Crippen LogP contribution is 2.69. The maximum atomic E-state index is 13.1. The van der Waals surface area contributed by atoms with Gasteiger partial charge in [-0.25, -0.2) is 4.98 Å². The van der Waals surface area contributed by atoms with Crippen LogP contribution in [0.1, 0.15) is 64.5 Å². The van der Waals surface area contributed by atoms with Crippen LogP contribution in [-0.2, 0) is 11.2 Å². The third kappa shape index (κ3) is 2.85. The summed E-state index contributed by atoms with van der Waals surface area (Å²) < 4.78 is 0. The normalized spacial score (nSPS) is 40.0. The Bertz CT molecular complexity index is 637. The smallest absolute Gasteiger partial charge is 0.226 e. The Kier molecular flexibility index (Phi) is 3.72. The molecule has 24 heavy (non-hydrogen) atoms. The van der Waals surface area contributed by atoms with E-state index in [-0.39, 0.29) is 5.41 Å². The standard InChI is InChI=1S/C19H29N3OS/c1-17-6-13-7-18(2,10-17)12-19(8-13,11-17)15(23)21-5-3-4-14-9-24-16(20)22-14/h9,13H,3-8,10-12H2,1-2H3,(H2,20,22)(H,21,23)/t13?,17-,18-,19?/m1/s1. The minimum absolute atomic E-state index is 0.0893. The molecule has 3 N–H and O–H groups in total. The molecule has 4 fully saturated rings. The number of hydrogen-bond donors (Lipinski definition) is 2. The van der Waals surface area contributed by atoms with E-state index in [1.807, 2.05) is 5.38 Å². The Morgan fingerprint density at radius 3 is 2.58 bits per heavy atom. The summed E-state index contributed by atoms with van der Waals surface area (Å²) in [7, 11) is 0. The van der Waals surface area contributed by atoms with Crippen LogP contribution in [0.4, 0.5) is 5.13 Å². The third-order valence-corrected chi connectivity index (χ3v) is 7.30. The van der Waals surface area contributed by atoms with Gasteiger partial charge in [0, 0.05) is 11.9 Å². The molecule has 4 nitrogen and oxygen atoms in total. The van der Waals surface area contributed by atoms with E-state index in [0.717, 1.165) is 50.3 Å². The SMILES string of the molecule is C[C@]12CC3CC(C(=O)NCCCc4csc(N)n4)(C1)C[C@](C)(C3)C2. The summed E-state index contributed by atoms with van der Waals surface area (Å²) in [6.45, 7) is 5.59. The van der Waals surface area contributed by atoms with Crippen LogP contribution in [0.5, 0.6) is 0 Å². The van der Waals surface area contributed by atoms with Crippen molar-refractivity contribution >= 4 is 22.4 Å². The highest BCUT2D eigenvalue weighted by molar-refractivity contribution is 7.13. The highest BCUT2D eigenvalue weighted by Gasteiger charge is 2.62. The Hall–Kier alpha value is -1.10. The highest BCUT2D eigenvalue weighted by atomic mass is 32.1. The Balaban J connectivity index is 1.36. The van der Waals surface area contributed by atoms with Crippen molar-refractivity contribution in [3.05, 3.63) is 11.1 Å². The van der Waals surface area contributed by atoms with Gasteiger partial charge in [0.25, 0.3) is 0 Å². The number of aryl methyl sites for hydroxylation is 1. The van der Waals surface area contributed by atoms with E-state index in [9.17, 15) is 4.79 Å². The number of carbonyl (C=O) groups excluding carboxylic acids is 1. The summed E-state index contributed by atoms with van der Waals surface area (Å²) in [6, 6.07) is 0. The lowest BCUT2D eigenvalue weighted by atomic mass is 9.40. The number of nitrogens with one attached hydrogen (secondary N) is 1. The molecular weight excluding hydrogens is 318 g/mol. The molecule has 4 aliphatic rings. The minimum atomic E-state index is -0.0893. The average molecular weight is 348 g/mol. The molecule has 1 heterocycles. The Morgan fingerprint density at radius 1 is 1.29 bits per heavy atom. The van der Waals surface area contributed by atoms with Gasteiger partial charge in [0.2, 0.25) is 5.91 Å². The second kappa shape index (κ2) is 5.45. The van der Waals surface area contributed by atoms with E-state index in [1.54, 1.807) is 0 Å². The fourth-order valence-electron chi connectivity index (χ4n) is 6.80. The molecule has 0 radical (unpaired) electrons. The monoisotopic (exact) mass is 347 g/mol. The van der Waals surface area contributed by atoms with Gasteiger partial charge in [-0.05, 0) is 68.1 Å². The van der Waals surface area contributed by atoms with Gasteiger partial charge in [0.1, 0.15) is 0 Å². The minimum Gasteiger partial charge on any atom is -0.375 e. The fourth-order valence-corrected chi connectivity index (χ4v) is 7.39. The topological polar surface area (TPSA) is 68.0 Å². The molecule has 1 amide bonds. The van der Waals surface area contributed by atoms with Gasteiger partial charge in [-0.1, -0.05) is 13.8 Å². The lowest BCUT2D eigenvalue weighted by Gasteiger charge is -2.64. The van der Waals surface area contributed by atoms with Gasteiger partial charge >= 0.3 is 0 Å². The van der Waals surface area contributed by atoms with Crippen molar-refractivity contribution in [1.82, 2.24) is 10.3 Å². The number of nitrogens with zero attached hydrogens (tertiary/aromatic N) is 1. The van der Waals surface area contributed by atoms with Crippen LogP contribution in [0, 0.1) is 22.2 Å². The summed E-state index contributed by atoms with van der Waals surface area (Å²) >= 11 is 1.49. The Labute approximate surface area is 148 Å². The summed E-state index contributed by atoms with van der Waals surface area (Å²) in [5.41, 5.74) is 7.40. The van der Waals surface area contributed by atoms with Crippen molar-refractivity contribution in [3.63, 3.8) is 0 Å². The van der Waals surface area contributed by atoms with Crippen molar-refractivity contribution in [1.29, 1.82) is 0 Å². The number of hydrogen-bond acceptors (Lipinski definition) is 4. The van der Waals surface area contributed by atoms with E-state index in [0.29, 0.717) is 21.9 Å². The molecule has 1 aromatic heterocycles. The largest absolute Gasteiger partial charge is 0.375 e. The van der Waals surface area contributed by atoms with Crippen molar-refractivity contribution in [2.75, 3.05) is 12.3 Å². The molecule has 5 rings (SSSR count). The van der Waals surface area contributed by atoms with Crippen LogP contribution in [0.2, 0.25) is 0 Å². The van der Waals surface area contributed by atoms with Crippen molar-refractivity contribution in [2.45, 2.75) is 65.2 Å². The third-order valence-electron chi connectivity index (χ3n) is 6.57. The molecule has 4 bridgehead atoms. The maximum absolute atomic E-state index is 13.1. The molecule has 0 unspecified atom stereocenters.